The summed E-state index contributed by atoms with van der Waals surface area (Å²) in [4.78, 5) is 0. The van der Waals surface area contributed by atoms with Crippen LogP contribution in [0.2, 0.25) is 18.1 Å². The molecule has 0 spiro atoms. The van der Waals surface area contributed by atoms with Gasteiger partial charge in [0.05, 0.1) is 6.10 Å². The van der Waals surface area contributed by atoms with E-state index in [9.17, 15) is 0 Å². The van der Waals surface area contributed by atoms with Gasteiger partial charge < -0.3 is 4.43 Å². The van der Waals surface area contributed by atoms with Gasteiger partial charge in [-0.05, 0) is 116 Å². The quantitative estimate of drug-likeness (QED) is 0.311. The van der Waals surface area contributed by atoms with E-state index in [1.165, 1.54) is 57.8 Å². The summed E-state index contributed by atoms with van der Waals surface area (Å²) < 4.78 is 7.13. The Kier molecular flexibility index (Phi) is 6.21. The lowest BCUT2D eigenvalue weighted by Gasteiger charge is -2.64. The summed E-state index contributed by atoms with van der Waals surface area (Å²) >= 11 is 0. The van der Waals surface area contributed by atoms with E-state index in [2.05, 4.69) is 67.6 Å². The van der Waals surface area contributed by atoms with E-state index in [0.717, 1.165) is 29.6 Å². The fourth-order valence-electron chi connectivity index (χ4n) is 8.84. The summed E-state index contributed by atoms with van der Waals surface area (Å²) in [5.41, 5.74) is 2.67. The Balaban J connectivity index is 1.55. The maximum absolute atomic E-state index is 7.13. The van der Waals surface area contributed by atoms with E-state index in [-0.39, 0.29) is 0 Å². The molecule has 1 nitrogen and oxygen atoms in total. The first-order valence-corrected chi connectivity index (χ1v) is 16.6. The van der Waals surface area contributed by atoms with Crippen LogP contribution in [0.1, 0.15) is 106 Å². The zero-order valence-corrected chi connectivity index (χ0v) is 23.3. The first-order chi connectivity index (χ1) is 14.3. The maximum atomic E-state index is 7.13. The molecule has 0 aliphatic heterocycles. The van der Waals surface area contributed by atoms with Gasteiger partial charge in [0.2, 0.25) is 0 Å². The lowest BCUT2D eigenvalue weighted by Crippen LogP contribution is -2.60. The van der Waals surface area contributed by atoms with Crippen molar-refractivity contribution in [2.45, 2.75) is 130 Å². The molecule has 0 bridgehead atoms. The molecule has 0 aromatic rings. The summed E-state index contributed by atoms with van der Waals surface area (Å²) in [5.74, 6) is 4.72. The molecule has 4 saturated carbocycles. The van der Waals surface area contributed by atoms with Gasteiger partial charge >= 0.3 is 0 Å². The molecule has 178 valence electrons. The molecule has 4 aliphatic rings. The Morgan fingerprint density at radius 1 is 0.968 bits per heavy atom. The molecule has 4 fully saturated rings. The molecule has 0 aromatic carbocycles. The molecule has 7 atom stereocenters. The fourth-order valence-corrected chi connectivity index (χ4v) is 10.3. The normalized spacial score (nSPS) is 44.0. The van der Waals surface area contributed by atoms with E-state index < -0.39 is 8.32 Å². The van der Waals surface area contributed by atoms with Crippen molar-refractivity contribution in [3.8, 4) is 0 Å². The van der Waals surface area contributed by atoms with Crippen molar-refractivity contribution in [2.24, 2.45) is 40.4 Å². The lowest BCUT2D eigenvalue weighted by molar-refractivity contribution is -0.163. The fraction of sp³-hybridized carbons (Fsp3) is 0.931. The highest BCUT2D eigenvalue weighted by Crippen LogP contribution is 2.67. The molecule has 0 aromatic heterocycles. The molecule has 31 heavy (non-hydrogen) atoms. The van der Waals surface area contributed by atoms with Crippen LogP contribution in [-0.4, -0.2) is 14.4 Å². The highest BCUT2D eigenvalue weighted by Gasteiger charge is 2.61. The van der Waals surface area contributed by atoms with Gasteiger partial charge in [-0.2, -0.15) is 0 Å². The Hall–Kier alpha value is -0.0831. The minimum Gasteiger partial charge on any atom is -0.413 e. The topological polar surface area (TPSA) is 9.23 Å². The summed E-state index contributed by atoms with van der Waals surface area (Å²) in [6.45, 7) is 22.3. The third kappa shape index (κ3) is 3.84. The molecule has 4 aliphatic carbocycles. The van der Waals surface area contributed by atoms with Crippen LogP contribution in [0, 0.1) is 40.4 Å². The monoisotopic (exact) mass is 444 g/mol. The van der Waals surface area contributed by atoms with E-state index in [4.69, 9.17) is 4.43 Å². The smallest absolute Gasteiger partial charge is 0.192 e. The number of rotatable bonds is 3. The van der Waals surface area contributed by atoms with Crippen LogP contribution in [0.4, 0.5) is 0 Å². The van der Waals surface area contributed by atoms with Crippen LogP contribution >= 0.6 is 0 Å². The van der Waals surface area contributed by atoms with Crippen molar-refractivity contribution in [1.82, 2.24) is 0 Å². The highest BCUT2D eigenvalue weighted by molar-refractivity contribution is 6.74. The summed E-state index contributed by atoms with van der Waals surface area (Å²) in [7, 11) is -1.74. The average Bonchev–Trinajstić information content (AvgIpc) is 3.07. The van der Waals surface area contributed by atoms with Gasteiger partial charge in [0.15, 0.2) is 8.32 Å². The van der Waals surface area contributed by atoms with Gasteiger partial charge in [-0.15, -0.1) is 0 Å². The van der Waals surface area contributed by atoms with Crippen LogP contribution in [0.3, 0.4) is 0 Å². The molecule has 0 radical (unpaired) electrons. The van der Waals surface area contributed by atoms with Crippen molar-refractivity contribution >= 4 is 8.32 Å². The molecular weight excluding hydrogens is 392 g/mol. The predicted octanol–water partition coefficient (Wildman–Crippen LogP) is 9.00. The molecule has 2 heteroatoms. The Morgan fingerprint density at radius 3 is 2.32 bits per heavy atom. The van der Waals surface area contributed by atoms with Gasteiger partial charge in [-0.1, -0.05) is 60.1 Å². The van der Waals surface area contributed by atoms with Crippen LogP contribution in [0.5, 0.6) is 0 Å². The predicted molar refractivity (Wildman–Crippen MR) is 137 cm³/mol. The van der Waals surface area contributed by atoms with Crippen LogP contribution < -0.4 is 0 Å². The number of fused-ring (bicyclic) bond motifs is 5. The molecule has 0 N–H and O–H groups in total. The highest BCUT2D eigenvalue weighted by atomic mass is 28.4. The third-order valence-electron chi connectivity index (χ3n) is 11.4. The van der Waals surface area contributed by atoms with Crippen LogP contribution in [-0.2, 0) is 4.43 Å². The first-order valence-electron chi connectivity index (χ1n) is 13.7. The minimum absolute atomic E-state index is 0.298. The summed E-state index contributed by atoms with van der Waals surface area (Å²) in [6.07, 6.45) is 15.7. The van der Waals surface area contributed by atoms with E-state index in [1.54, 1.807) is 0 Å². The Bertz CT molecular complexity index is 698. The van der Waals surface area contributed by atoms with Crippen molar-refractivity contribution in [3.63, 3.8) is 0 Å². The summed E-state index contributed by atoms with van der Waals surface area (Å²) in [5, 5.41) is 0.298. The second kappa shape index (κ2) is 8.00. The van der Waals surface area contributed by atoms with E-state index in [1.807, 2.05) is 5.57 Å². The van der Waals surface area contributed by atoms with Crippen molar-refractivity contribution in [3.05, 3.63) is 11.6 Å². The SMILES string of the molecule is CC/C=C1/CC[C@H]2[C@@H]3CC[C@H]4C(C)(C)[C@@H](O[Si](C)(C)C(C)(C)C)CC[C@]4(C)[C@H]3CC[C@@H]12. The standard InChI is InChI=1S/C29H52OSi/c1-10-11-20-12-13-22-21(20)14-16-24-23(22)15-17-25-28(5,6)26(18-19-29(24,25)7)30-31(8,9)27(2,3)4/h11,21-26H,10,12-19H2,1-9H3/b20-11-/t21-,22+,23-,24-,25-,26-,29+/m0/s1. The Labute approximate surface area is 195 Å². The van der Waals surface area contributed by atoms with Crippen LogP contribution in [0.25, 0.3) is 0 Å². The second-order valence-corrected chi connectivity index (χ2v) is 19.0. The number of hydrogen-bond donors (Lipinski definition) is 0. The Morgan fingerprint density at radius 2 is 1.68 bits per heavy atom. The van der Waals surface area contributed by atoms with Gasteiger partial charge in [-0.3, -0.25) is 0 Å². The van der Waals surface area contributed by atoms with Crippen LogP contribution in [0.15, 0.2) is 11.6 Å². The van der Waals surface area contributed by atoms with Crippen molar-refractivity contribution < 1.29 is 4.43 Å². The summed E-state index contributed by atoms with van der Waals surface area (Å²) in [6, 6.07) is 0. The average molecular weight is 445 g/mol. The molecule has 0 heterocycles. The molecule has 0 amide bonds. The van der Waals surface area contributed by atoms with Gasteiger partial charge in [0.1, 0.15) is 0 Å². The largest absolute Gasteiger partial charge is 0.413 e. The van der Waals surface area contributed by atoms with Gasteiger partial charge in [0.25, 0.3) is 0 Å². The minimum atomic E-state index is -1.74. The number of hydrogen-bond acceptors (Lipinski definition) is 1. The van der Waals surface area contributed by atoms with Gasteiger partial charge in [0, 0.05) is 0 Å². The van der Waals surface area contributed by atoms with E-state index in [0.29, 0.717) is 22.0 Å². The molecule has 4 rings (SSSR count). The zero-order valence-electron chi connectivity index (χ0n) is 22.3. The third-order valence-corrected chi connectivity index (χ3v) is 15.9. The lowest BCUT2D eigenvalue weighted by atomic mass is 9.42. The van der Waals surface area contributed by atoms with Crippen molar-refractivity contribution in [1.29, 1.82) is 0 Å². The molecule has 0 unspecified atom stereocenters. The van der Waals surface area contributed by atoms with E-state index >= 15 is 0 Å². The number of allylic oxidation sites excluding steroid dienone is 2. The second-order valence-electron chi connectivity index (χ2n) is 14.2. The van der Waals surface area contributed by atoms with Gasteiger partial charge in [-0.25, -0.2) is 0 Å². The van der Waals surface area contributed by atoms with Crippen molar-refractivity contribution in [2.75, 3.05) is 0 Å². The first kappa shape index (κ1) is 24.1. The zero-order chi connectivity index (χ0) is 22.8. The maximum Gasteiger partial charge on any atom is 0.192 e. The molecular formula is C29H52OSi. The molecule has 0 saturated heterocycles.